The molecule has 0 aliphatic heterocycles. The first-order chi connectivity index (χ1) is 5.34. The van der Waals surface area contributed by atoms with Crippen molar-refractivity contribution in [2.45, 2.75) is 6.92 Å². The third-order valence-corrected chi connectivity index (χ3v) is 1.27. The van der Waals surface area contributed by atoms with E-state index in [4.69, 9.17) is 5.26 Å². The second-order valence-electron chi connectivity index (χ2n) is 2.05. The summed E-state index contributed by atoms with van der Waals surface area (Å²) in [4.78, 5) is 7.73. The molecule has 0 aliphatic carbocycles. The number of hydrogen-bond donors (Lipinski definition) is 0. The first-order valence-electron chi connectivity index (χ1n) is 3.17. The Morgan fingerprint density at radius 3 is 3.09 bits per heavy atom. The Balaban J connectivity index is 2.96. The molecule has 11 heavy (non-hydrogen) atoms. The van der Waals surface area contributed by atoms with Crippen LogP contribution in [0.3, 0.4) is 0 Å². The van der Waals surface area contributed by atoms with Gasteiger partial charge >= 0.3 is 0 Å². The van der Waals surface area contributed by atoms with Gasteiger partial charge in [-0.3, -0.25) is 0 Å². The molecule has 0 saturated carbocycles. The minimum atomic E-state index is 0.793. The van der Waals surface area contributed by atoms with Crippen LogP contribution in [-0.2, 0) is 0 Å². The van der Waals surface area contributed by atoms with Gasteiger partial charge in [-0.2, -0.15) is 5.26 Å². The third kappa shape index (κ3) is 1.87. The van der Waals surface area contributed by atoms with Crippen molar-refractivity contribution in [3.8, 4) is 6.07 Å². The molecule has 1 aromatic heterocycles. The molecule has 0 spiro atoms. The molecule has 0 aromatic carbocycles. The maximum Gasteiger partial charge on any atom is 0.116 e. The van der Waals surface area contributed by atoms with Gasteiger partial charge in [-0.05, 0) is 18.6 Å². The van der Waals surface area contributed by atoms with E-state index in [1.807, 2.05) is 13.0 Å². The molecule has 1 rings (SSSR count). The van der Waals surface area contributed by atoms with Gasteiger partial charge in [0.05, 0.1) is 11.8 Å². The molecule has 3 nitrogen and oxygen atoms in total. The van der Waals surface area contributed by atoms with Crippen LogP contribution in [0.1, 0.15) is 12.6 Å². The molecule has 0 bridgehead atoms. The van der Waals surface area contributed by atoms with Crippen LogP contribution >= 0.6 is 0 Å². The van der Waals surface area contributed by atoms with Crippen molar-refractivity contribution in [3.05, 3.63) is 30.4 Å². The highest BCUT2D eigenvalue weighted by Crippen LogP contribution is 2.06. The van der Waals surface area contributed by atoms with E-state index in [1.165, 1.54) is 12.4 Å². The SMILES string of the molecule is C/C(=C/C#N)c1ccncn1. The normalized spacial score (nSPS) is 10.7. The monoisotopic (exact) mass is 145 g/mol. The molecule has 54 valence electrons. The summed E-state index contributed by atoms with van der Waals surface area (Å²) in [6.45, 7) is 1.84. The highest BCUT2D eigenvalue weighted by molar-refractivity contribution is 5.62. The summed E-state index contributed by atoms with van der Waals surface area (Å²) in [6, 6.07) is 3.71. The van der Waals surface area contributed by atoms with Crippen molar-refractivity contribution in [1.29, 1.82) is 5.26 Å². The van der Waals surface area contributed by atoms with E-state index in [-0.39, 0.29) is 0 Å². The average Bonchev–Trinajstić information content (AvgIpc) is 2.07. The fraction of sp³-hybridized carbons (Fsp3) is 0.125. The van der Waals surface area contributed by atoms with Gasteiger partial charge < -0.3 is 0 Å². The minimum absolute atomic E-state index is 0.793. The van der Waals surface area contributed by atoms with Gasteiger partial charge in [0.25, 0.3) is 0 Å². The van der Waals surface area contributed by atoms with E-state index < -0.39 is 0 Å². The Morgan fingerprint density at radius 1 is 1.73 bits per heavy atom. The first-order valence-corrected chi connectivity index (χ1v) is 3.17. The molecule has 0 saturated heterocycles. The molecular formula is C8H7N3. The maximum absolute atomic E-state index is 8.33. The van der Waals surface area contributed by atoms with Crippen LogP contribution in [0.4, 0.5) is 0 Å². The fourth-order valence-electron chi connectivity index (χ4n) is 0.695. The van der Waals surface area contributed by atoms with Crippen molar-refractivity contribution in [2.24, 2.45) is 0 Å². The topological polar surface area (TPSA) is 49.6 Å². The van der Waals surface area contributed by atoms with E-state index in [1.54, 1.807) is 12.3 Å². The lowest BCUT2D eigenvalue weighted by Crippen LogP contribution is -1.84. The zero-order valence-corrected chi connectivity index (χ0v) is 6.15. The number of allylic oxidation sites excluding steroid dienone is 2. The van der Waals surface area contributed by atoms with Crippen LogP contribution in [0.2, 0.25) is 0 Å². The zero-order valence-electron chi connectivity index (χ0n) is 6.15. The number of aromatic nitrogens is 2. The van der Waals surface area contributed by atoms with Crippen LogP contribution in [0.15, 0.2) is 24.7 Å². The van der Waals surface area contributed by atoms with E-state index in [9.17, 15) is 0 Å². The molecule has 0 unspecified atom stereocenters. The van der Waals surface area contributed by atoms with Gasteiger partial charge in [0.1, 0.15) is 6.33 Å². The molecule has 1 heterocycles. The smallest absolute Gasteiger partial charge is 0.116 e. The lowest BCUT2D eigenvalue weighted by Gasteiger charge is -1.94. The van der Waals surface area contributed by atoms with E-state index >= 15 is 0 Å². The average molecular weight is 145 g/mol. The number of nitrogens with zero attached hydrogens (tertiary/aromatic N) is 3. The fourth-order valence-corrected chi connectivity index (χ4v) is 0.695. The molecule has 0 N–H and O–H groups in total. The van der Waals surface area contributed by atoms with Crippen LogP contribution in [-0.4, -0.2) is 9.97 Å². The van der Waals surface area contributed by atoms with Gasteiger partial charge in [0.15, 0.2) is 0 Å². The first kappa shape index (κ1) is 7.42. The number of nitriles is 1. The maximum atomic E-state index is 8.33. The Bertz CT molecular complexity index is 295. The van der Waals surface area contributed by atoms with Crippen molar-refractivity contribution in [1.82, 2.24) is 9.97 Å². The molecule has 1 aromatic rings. The molecular weight excluding hydrogens is 138 g/mol. The summed E-state index contributed by atoms with van der Waals surface area (Å²) in [5.74, 6) is 0. The molecule has 0 fully saturated rings. The second-order valence-corrected chi connectivity index (χ2v) is 2.05. The van der Waals surface area contributed by atoms with Crippen LogP contribution in [0.5, 0.6) is 0 Å². The van der Waals surface area contributed by atoms with E-state index in [0.717, 1.165) is 11.3 Å². The summed E-state index contributed by atoms with van der Waals surface area (Å²) in [5, 5.41) is 8.33. The quantitative estimate of drug-likeness (QED) is 0.561. The van der Waals surface area contributed by atoms with Crippen LogP contribution in [0.25, 0.3) is 5.57 Å². The Hall–Kier alpha value is -1.69. The summed E-state index contributed by atoms with van der Waals surface area (Å²) in [6.07, 6.45) is 4.57. The Labute approximate surface area is 65.0 Å². The van der Waals surface area contributed by atoms with Gasteiger partial charge in [0, 0.05) is 12.3 Å². The summed E-state index contributed by atoms with van der Waals surface area (Å²) in [7, 11) is 0. The molecule has 0 amide bonds. The van der Waals surface area contributed by atoms with Crippen molar-refractivity contribution < 1.29 is 0 Å². The molecule has 0 radical (unpaired) electrons. The predicted molar refractivity (Wildman–Crippen MR) is 41.3 cm³/mol. The summed E-state index contributed by atoms with van der Waals surface area (Å²) in [5.41, 5.74) is 1.65. The minimum Gasteiger partial charge on any atom is -0.245 e. The standard InChI is InChI=1S/C8H7N3/c1-7(2-4-9)8-3-5-10-6-11-8/h2-3,5-6H,1H3/b7-2-. The van der Waals surface area contributed by atoms with Crippen LogP contribution < -0.4 is 0 Å². The third-order valence-electron chi connectivity index (χ3n) is 1.27. The second kappa shape index (κ2) is 3.47. The molecule has 3 heteroatoms. The van der Waals surface area contributed by atoms with Gasteiger partial charge in [-0.25, -0.2) is 9.97 Å². The highest BCUT2D eigenvalue weighted by atomic mass is 14.8. The zero-order chi connectivity index (χ0) is 8.10. The van der Waals surface area contributed by atoms with Crippen molar-refractivity contribution in [2.75, 3.05) is 0 Å². The van der Waals surface area contributed by atoms with Crippen LogP contribution in [0, 0.1) is 11.3 Å². The van der Waals surface area contributed by atoms with Gasteiger partial charge in [-0.1, -0.05) is 0 Å². The lowest BCUT2D eigenvalue weighted by atomic mass is 10.2. The number of rotatable bonds is 1. The number of hydrogen-bond acceptors (Lipinski definition) is 3. The van der Waals surface area contributed by atoms with Crippen molar-refractivity contribution >= 4 is 5.57 Å². The summed E-state index contributed by atoms with van der Waals surface area (Å²) < 4.78 is 0. The van der Waals surface area contributed by atoms with E-state index in [0.29, 0.717) is 0 Å². The Kier molecular flexibility index (Phi) is 2.34. The van der Waals surface area contributed by atoms with Crippen molar-refractivity contribution in [3.63, 3.8) is 0 Å². The predicted octanol–water partition coefficient (Wildman–Crippen LogP) is 1.40. The van der Waals surface area contributed by atoms with E-state index in [2.05, 4.69) is 9.97 Å². The van der Waals surface area contributed by atoms with Gasteiger partial charge in [0.2, 0.25) is 0 Å². The largest absolute Gasteiger partial charge is 0.245 e. The highest BCUT2D eigenvalue weighted by Gasteiger charge is 1.93. The molecule has 0 aliphatic rings. The molecule has 0 atom stereocenters. The lowest BCUT2D eigenvalue weighted by molar-refractivity contribution is 1.14. The van der Waals surface area contributed by atoms with Gasteiger partial charge in [-0.15, -0.1) is 0 Å². The summed E-state index contributed by atoms with van der Waals surface area (Å²) >= 11 is 0. The Morgan fingerprint density at radius 2 is 2.55 bits per heavy atom.